The van der Waals surface area contributed by atoms with Crippen molar-refractivity contribution in [3.8, 4) is 5.75 Å². The van der Waals surface area contributed by atoms with E-state index in [0.717, 1.165) is 11.6 Å². The largest absolute Gasteiger partial charge is 0.497 e. The number of methoxy groups -OCH3 is 1. The van der Waals surface area contributed by atoms with Crippen molar-refractivity contribution in [2.45, 2.75) is 6.04 Å². The Bertz CT molecular complexity index is 1030. The van der Waals surface area contributed by atoms with E-state index >= 15 is 0 Å². The van der Waals surface area contributed by atoms with Crippen LogP contribution in [0.3, 0.4) is 0 Å². The molecule has 0 bridgehead atoms. The second-order valence-electron chi connectivity index (χ2n) is 6.10. The Labute approximate surface area is 160 Å². The van der Waals surface area contributed by atoms with Crippen molar-refractivity contribution in [2.24, 2.45) is 12.8 Å². The Morgan fingerprint density at radius 1 is 1.32 bits per heavy atom. The number of hydrogen-bond donors (Lipinski definition) is 2. The topological polar surface area (TPSA) is 125 Å². The summed E-state index contributed by atoms with van der Waals surface area (Å²) in [7, 11) is 3.40. The number of hydrogen-bond acceptors (Lipinski definition) is 6. The molecule has 0 saturated heterocycles. The van der Waals surface area contributed by atoms with E-state index in [2.05, 4.69) is 10.3 Å². The number of ether oxygens (including phenoxy) is 1. The van der Waals surface area contributed by atoms with Crippen molar-refractivity contribution in [2.75, 3.05) is 12.4 Å². The van der Waals surface area contributed by atoms with Gasteiger partial charge in [-0.25, -0.2) is 4.98 Å². The Kier molecular flexibility index (Phi) is 5.25. The Balaban J connectivity index is 2.09. The number of carbonyl (C=O) groups excluding carboxylic acids is 1. The van der Waals surface area contributed by atoms with Crippen molar-refractivity contribution in [3.05, 3.63) is 81.9 Å². The molecule has 0 fully saturated rings. The fourth-order valence-corrected chi connectivity index (χ4v) is 2.89. The summed E-state index contributed by atoms with van der Waals surface area (Å²) in [4.78, 5) is 26.7. The first-order chi connectivity index (χ1) is 13.4. The predicted molar refractivity (Wildman–Crippen MR) is 103 cm³/mol. The highest BCUT2D eigenvalue weighted by Gasteiger charge is 2.24. The Hall–Kier alpha value is -3.88. The summed E-state index contributed by atoms with van der Waals surface area (Å²) < 4.78 is 7.11. The number of aromatic nitrogens is 2. The fraction of sp³-hybridized carbons (Fsp3) is 0.158. The van der Waals surface area contributed by atoms with E-state index in [-0.39, 0.29) is 16.9 Å². The highest BCUT2D eigenvalue weighted by molar-refractivity contribution is 5.94. The van der Waals surface area contributed by atoms with E-state index in [1.54, 1.807) is 19.5 Å². The molecule has 1 amide bonds. The van der Waals surface area contributed by atoms with Gasteiger partial charge in [-0.05, 0) is 29.8 Å². The molecule has 0 aliphatic heterocycles. The van der Waals surface area contributed by atoms with Crippen molar-refractivity contribution in [1.29, 1.82) is 0 Å². The molecule has 144 valence electrons. The van der Waals surface area contributed by atoms with Gasteiger partial charge in [-0.3, -0.25) is 14.9 Å². The lowest BCUT2D eigenvalue weighted by atomic mass is 10.0. The summed E-state index contributed by atoms with van der Waals surface area (Å²) in [6.45, 7) is 0. The van der Waals surface area contributed by atoms with Crippen LogP contribution in [0.25, 0.3) is 0 Å². The van der Waals surface area contributed by atoms with Gasteiger partial charge in [-0.2, -0.15) is 0 Å². The molecule has 0 spiro atoms. The third-order valence-electron chi connectivity index (χ3n) is 4.32. The first-order valence-corrected chi connectivity index (χ1v) is 8.36. The normalized spacial score (nSPS) is 11.6. The number of rotatable bonds is 7. The second-order valence-corrected chi connectivity index (χ2v) is 6.10. The van der Waals surface area contributed by atoms with E-state index in [1.165, 1.54) is 12.1 Å². The van der Waals surface area contributed by atoms with Crippen LogP contribution in [0.1, 0.15) is 27.8 Å². The highest BCUT2D eigenvalue weighted by atomic mass is 16.6. The fourth-order valence-electron chi connectivity index (χ4n) is 2.89. The maximum atomic E-state index is 11.5. The molecule has 0 saturated carbocycles. The second kappa shape index (κ2) is 7.78. The molecule has 0 aliphatic rings. The summed E-state index contributed by atoms with van der Waals surface area (Å²) in [6.07, 6.45) is 3.43. The number of nitro benzene ring substituents is 1. The lowest BCUT2D eigenvalue weighted by Gasteiger charge is -2.21. The van der Waals surface area contributed by atoms with Crippen molar-refractivity contribution in [3.63, 3.8) is 0 Å². The van der Waals surface area contributed by atoms with E-state index in [4.69, 9.17) is 10.5 Å². The van der Waals surface area contributed by atoms with E-state index < -0.39 is 16.9 Å². The van der Waals surface area contributed by atoms with Gasteiger partial charge < -0.3 is 20.4 Å². The van der Waals surface area contributed by atoms with Crippen LogP contribution in [0, 0.1) is 10.1 Å². The lowest BCUT2D eigenvalue weighted by molar-refractivity contribution is -0.384. The van der Waals surface area contributed by atoms with Gasteiger partial charge in [-0.15, -0.1) is 0 Å². The molecule has 9 nitrogen and oxygen atoms in total. The average molecular weight is 381 g/mol. The number of nitrogens with one attached hydrogen (secondary N) is 1. The molecule has 2 aromatic carbocycles. The van der Waals surface area contributed by atoms with Crippen molar-refractivity contribution in [1.82, 2.24) is 9.55 Å². The molecule has 0 aliphatic carbocycles. The van der Waals surface area contributed by atoms with Crippen LogP contribution in [-0.4, -0.2) is 27.5 Å². The minimum Gasteiger partial charge on any atom is -0.497 e. The molecule has 9 heteroatoms. The number of nitrogens with zero attached hydrogens (tertiary/aromatic N) is 3. The molecule has 1 unspecified atom stereocenters. The van der Waals surface area contributed by atoms with Crippen LogP contribution in [0.5, 0.6) is 5.75 Å². The number of imidazole rings is 1. The summed E-state index contributed by atoms with van der Waals surface area (Å²) in [5.41, 5.74) is 6.10. The maximum Gasteiger partial charge on any atom is 0.293 e. The van der Waals surface area contributed by atoms with Gasteiger partial charge in [0.2, 0.25) is 5.91 Å². The number of aryl methyl sites for hydroxylation is 1. The molecule has 3 N–H and O–H groups in total. The molecule has 0 radical (unpaired) electrons. The first-order valence-electron chi connectivity index (χ1n) is 8.36. The SMILES string of the molecule is COc1cccc(C(Nc2ccc(C(N)=O)cc2[N+](=O)[O-])c2nccn2C)c1. The minimum atomic E-state index is -0.733. The van der Waals surface area contributed by atoms with Crippen molar-refractivity contribution < 1.29 is 14.5 Å². The zero-order valence-corrected chi connectivity index (χ0v) is 15.3. The molecule has 1 heterocycles. The third-order valence-corrected chi connectivity index (χ3v) is 4.32. The molecule has 1 aromatic heterocycles. The molecular formula is C19H19N5O4. The zero-order chi connectivity index (χ0) is 20.3. The van der Waals surface area contributed by atoms with Crippen molar-refractivity contribution >= 4 is 17.3 Å². The van der Waals surface area contributed by atoms with Gasteiger partial charge in [-0.1, -0.05) is 12.1 Å². The van der Waals surface area contributed by atoms with Crippen LogP contribution in [0.15, 0.2) is 54.9 Å². The third kappa shape index (κ3) is 3.78. The number of nitro groups is 1. The summed E-state index contributed by atoms with van der Waals surface area (Å²) >= 11 is 0. The summed E-state index contributed by atoms with van der Waals surface area (Å²) in [5, 5.41) is 14.7. The Morgan fingerprint density at radius 2 is 2.11 bits per heavy atom. The monoisotopic (exact) mass is 381 g/mol. The van der Waals surface area contributed by atoms with Gasteiger partial charge in [0, 0.05) is 31.1 Å². The number of nitrogens with two attached hydrogens (primary N) is 1. The number of amides is 1. The number of benzene rings is 2. The number of carbonyl (C=O) groups is 1. The number of primary amides is 1. The van der Waals surface area contributed by atoms with Crippen LogP contribution in [0.2, 0.25) is 0 Å². The first kappa shape index (κ1) is 18.9. The van der Waals surface area contributed by atoms with E-state index in [0.29, 0.717) is 11.6 Å². The number of anilines is 1. The van der Waals surface area contributed by atoms with Gasteiger partial charge in [0.15, 0.2) is 0 Å². The summed E-state index contributed by atoms with van der Waals surface area (Å²) in [5.74, 6) is 0.571. The standard InChI is InChI=1S/C19H19N5O4/c1-23-9-8-21-19(23)17(12-4-3-5-14(10-12)28-2)22-15-7-6-13(18(20)25)11-16(15)24(26)27/h3-11,17,22H,1-2H3,(H2,20,25). The maximum absolute atomic E-state index is 11.5. The molecule has 1 atom stereocenters. The van der Waals surface area contributed by atoms with Crippen LogP contribution >= 0.6 is 0 Å². The summed E-state index contributed by atoms with van der Waals surface area (Å²) in [6, 6.07) is 10.9. The molecular weight excluding hydrogens is 362 g/mol. The average Bonchev–Trinajstić information content (AvgIpc) is 3.11. The predicted octanol–water partition coefficient (Wildman–Crippen LogP) is 2.64. The quantitative estimate of drug-likeness (QED) is 0.479. The van der Waals surface area contributed by atoms with E-state index in [1.807, 2.05) is 35.9 Å². The van der Waals surface area contributed by atoms with E-state index in [9.17, 15) is 14.9 Å². The molecule has 3 rings (SSSR count). The zero-order valence-electron chi connectivity index (χ0n) is 15.3. The molecule has 28 heavy (non-hydrogen) atoms. The van der Waals surface area contributed by atoms with Gasteiger partial charge in [0.25, 0.3) is 5.69 Å². The van der Waals surface area contributed by atoms with Crippen LogP contribution < -0.4 is 15.8 Å². The van der Waals surface area contributed by atoms with Crippen LogP contribution in [-0.2, 0) is 7.05 Å². The lowest BCUT2D eigenvalue weighted by Crippen LogP contribution is -2.18. The minimum absolute atomic E-state index is 0.0622. The Morgan fingerprint density at radius 3 is 2.71 bits per heavy atom. The highest BCUT2D eigenvalue weighted by Crippen LogP contribution is 2.33. The van der Waals surface area contributed by atoms with Gasteiger partial charge in [0.05, 0.1) is 12.0 Å². The smallest absolute Gasteiger partial charge is 0.293 e. The van der Waals surface area contributed by atoms with Crippen LogP contribution in [0.4, 0.5) is 11.4 Å². The van der Waals surface area contributed by atoms with Gasteiger partial charge >= 0.3 is 0 Å². The van der Waals surface area contributed by atoms with Gasteiger partial charge in [0.1, 0.15) is 23.3 Å². The molecule has 3 aromatic rings.